The molecule has 0 spiro atoms. The summed E-state index contributed by atoms with van der Waals surface area (Å²) in [6, 6.07) is 7.41. The number of carbonyl (C=O) groups is 2. The van der Waals surface area contributed by atoms with E-state index in [-0.39, 0.29) is 35.8 Å². The Kier molecular flexibility index (Phi) is 4.86. The molecule has 0 saturated carbocycles. The second kappa shape index (κ2) is 6.78. The molecule has 0 aromatic heterocycles. The van der Waals surface area contributed by atoms with Crippen LogP contribution in [0.15, 0.2) is 24.3 Å². The molecule has 0 radical (unpaired) electrons. The van der Waals surface area contributed by atoms with Gasteiger partial charge in [0.1, 0.15) is 0 Å². The van der Waals surface area contributed by atoms with E-state index in [1.54, 1.807) is 9.80 Å². The lowest BCUT2D eigenvalue weighted by atomic mass is 10.1. The molecular weight excluding hydrogens is 340 g/mol. The van der Waals surface area contributed by atoms with Gasteiger partial charge in [0.25, 0.3) is 0 Å². The molecule has 2 aliphatic heterocycles. The van der Waals surface area contributed by atoms with E-state index in [1.165, 1.54) is 0 Å². The highest BCUT2D eigenvalue weighted by atomic mass is 32.2. The number of nitrogens with zero attached hydrogens (tertiary/aromatic N) is 2. The molecule has 3 rings (SSSR count). The minimum atomic E-state index is -3.05. The maximum absolute atomic E-state index is 12.9. The van der Waals surface area contributed by atoms with Gasteiger partial charge in [-0.2, -0.15) is 0 Å². The molecule has 2 amide bonds. The number of rotatable bonds is 4. The van der Waals surface area contributed by atoms with Crippen LogP contribution in [0.25, 0.3) is 0 Å². The average Bonchev–Trinajstić information content (AvgIpc) is 3.11. The van der Waals surface area contributed by atoms with E-state index in [1.807, 2.05) is 38.1 Å². The molecule has 1 aromatic carbocycles. The first-order chi connectivity index (χ1) is 11.8. The molecule has 7 heteroatoms. The summed E-state index contributed by atoms with van der Waals surface area (Å²) < 4.78 is 23.4. The zero-order valence-corrected chi connectivity index (χ0v) is 15.5. The molecule has 2 saturated heterocycles. The van der Waals surface area contributed by atoms with Crippen LogP contribution < -0.4 is 4.90 Å². The summed E-state index contributed by atoms with van der Waals surface area (Å²) in [5.74, 6) is -0.392. The third-order valence-electron chi connectivity index (χ3n) is 5.09. The molecule has 2 fully saturated rings. The molecule has 0 N–H and O–H groups in total. The summed E-state index contributed by atoms with van der Waals surface area (Å²) in [5.41, 5.74) is 1.92. The van der Waals surface area contributed by atoms with Gasteiger partial charge >= 0.3 is 0 Å². The van der Waals surface area contributed by atoms with Crippen molar-refractivity contribution in [3.8, 4) is 0 Å². The van der Waals surface area contributed by atoms with Gasteiger partial charge in [-0.25, -0.2) is 8.42 Å². The summed E-state index contributed by atoms with van der Waals surface area (Å²) in [6.45, 7) is 4.67. The summed E-state index contributed by atoms with van der Waals surface area (Å²) in [6.07, 6.45) is 0.674. The second-order valence-electron chi connectivity index (χ2n) is 6.92. The van der Waals surface area contributed by atoms with E-state index in [9.17, 15) is 18.0 Å². The van der Waals surface area contributed by atoms with E-state index in [0.717, 1.165) is 11.3 Å². The highest BCUT2D eigenvalue weighted by molar-refractivity contribution is 7.91. The normalized spacial score (nSPS) is 25.4. The number of aryl methyl sites for hydroxylation is 1. The predicted molar refractivity (Wildman–Crippen MR) is 96.1 cm³/mol. The predicted octanol–water partition coefficient (Wildman–Crippen LogP) is 1.38. The molecule has 0 bridgehead atoms. The number of hydrogen-bond acceptors (Lipinski definition) is 4. The number of amides is 2. The SMILES string of the molecule is CCN(C(=O)C1CC(=O)N(c2ccc(C)cc2)C1)C1CCS(=O)(=O)C1. The molecule has 2 aliphatic rings. The lowest BCUT2D eigenvalue weighted by molar-refractivity contribution is -0.137. The third-order valence-corrected chi connectivity index (χ3v) is 6.84. The first-order valence-electron chi connectivity index (χ1n) is 8.68. The van der Waals surface area contributed by atoms with Crippen LogP contribution in [-0.2, 0) is 19.4 Å². The number of benzene rings is 1. The zero-order chi connectivity index (χ0) is 18.2. The molecule has 2 unspecified atom stereocenters. The summed E-state index contributed by atoms with van der Waals surface area (Å²) in [4.78, 5) is 28.6. The van der Waals surface area contributed by atoms with Crippen LogP contribution in [0.5, 0.6) is 0 Å². The molecule has 0 aliphatic carbocycles. The summed E-state index contributed by atoms with van der Waals surface area (Å²) in [7, 11) is -3.05. The summed E-state index contributed by atoms with van der Waals surface area (Å²) >= 11 is 0. The molecule has 2 atom stereocenters. The largest absolute Gasteiger partial charge is 0.339 e. The van der Waals surface area contributed by atoms with Crippen molar-refractivity contribution in [2.75, 3.05) is 29.5 Å². The van der Waals surface area contributed by atoms with Gasteiger partial charge in [0.15, 0.2) is 9.84 Å². The van der Waals surface area contributed by atoms with Crippen LogP contribution in [0, 0.1) is 12.8 Å². The van der Waals surface area contributed by atoms with Crippen LogP contribution in [0.4, 0.5) is 5.69 Å². The Labute approximate surface area is 148 Å². The van der Waals surface area contributed by atoms with Gasteiger partial charge in [-0.1, -0.05) is 17.7 Å². The van der Waals surface area contributed by atoms with Gasteiger partial charge in [-0.05, 0) is 32.4 Å². The van der Waals surface area contributed by atoms with Crippen molar-refractivity contribution < 1.29 is 18.0 Å². The van der Waals surface area contributed by atoms with E-state index < -0.39 is 15.8 Å². The maximum atomic E-state index is 12.9. The van der Waals surface area contributed by atoms with Crippen molar-refractivity contribution in [1.82, 2.24) is 4.90 Å². The van der Waals surface area contributed by atoms with Crippen LogP contribution in [0.1, 0.15) is 25.3 Å². The molecule has 136 valence electrons. The van der Waals surface area contributed by atoms with E-state index in [0.29, 0.717) is 19.5 Å². The fourth-order valence-electron chi connectivity index (χ4n) is 3.70. The van der Waals surface area contributed by atoms with Gasteiger partial charge in [-0.15, -0.1) is 0 Å². The number of carbonyl (C=O) groups excluding carboxylic acids is 2. The molecule has 25 heavy (non-hydrogen) atoms. The lowest BCUT2D eigenvalue weighted by Gasteiger charge is -2.29. The topological polar surface area (TPSA) is 74.8 Å². The van der Waals surface area contributed by atoms with Gasteiger partial charge < -0.3 is 9.80 Å². The summed E-state index contributed by atoms with van der Waals surface area (Å²) in [5, 5.41) is 0. The monoisotopic (exact) mass is 364 g/mol. The number of sulfone groups is 1. The molecule has 6 nitrogen and oxygen atoms in total. The minimum Gasteiger partial charge on any atom is -0.339 e. The molecule has 2 heterocycles. The lowest BCUT2D eigenvalue weighted by Crippen LogP contribution is -2.44. The van der Waals surface area contributed by atoms with Crippen LogP contribution in [0.3, 0.4) is 0 Å². The Hall–Kier alpha value is -1.89. The Bertz CT molecular complexity index is 773. The van der Waals surface area contributed by atoms with Crippen molar-refractivity contribution in [3.05, 3.63) is 29.8 Å². The van der Waals surface area contributed by atoms with Gasteiger partial charge in [-0.3, -0.25) is 9.59 Å². The zero-order valence-electron chi connectivity index (χ0n) is 14.6. The number of hydrogen-bond donors (Lipinski definition) is 0. The van der Waals surface area contributed by atoms with E-state index in [2.05, 4.69) is 0 Å². The first kappa shape index (κ1) is 17.9. The highest BCUT2D eigenvalue weighted by Crippen LogP contribution is 2.28. The first-order valence-corrected chi connectivity index (χ1v) is 10.5. The molecule has 1 aromatic rings. The van der Waals surface area contributed by atoms with E-state index >= 15 is 0 Å². The number of anilines is 1. The minimum absolute atomic E-state index is 0.0366. The van der Waals surface area contributed by atoms with Crippen molar-refractivity contribution in [2.45, 2.75) is 32.7 Å². The third kappa shape index (κ3) is 3.71. The second-order valence-corrected chi connectivity index (χ2v) is 9.15. The Morgan fingerprint density at radius 1 is 1.28 bits per heavy atom. The van der Waals surface area contributed by atoms with Crippen LogP contribution >= 0.6 is 0 Å². The Balaban J connectivity index is 1.72. The van der Waals surface area contributed by atoms with Crippen molar-refractivity contribution in [1.29, 1.82) is 0 Å². The Morgan fingerprint density at radius 3 is 2.52 bits per heavy atom. The van der Waals surface area contributed by atoms with E-state index in [4.69, 9.17) is 0 Å². The van der Waals surface area contributed by atoms with Crippen LogP contribution in [0.2, 0.25) is 0 Å². The van der Waals surface area contributed by atoms with Crippen molar-refractivity contribution in [3.63, 3.8) is 0 Å². The quantitative estimate of drug-likeness (QED) is 0.809. The smallest absolute Gasteiger partial charge is 0.228 e. The van der Waals surface area contributed by atoms with Crippen LogP contribution in [-0.4, -0.2) is 55.8 Å². The maximum Gasteiger partial charge on any atom is 0.228 e. The van der Waals surface area contributed by atoms with Gasteiger partial charge in [0.2, 0.25) is 11.8 Å². The van der Waals surface area contributed by atoms with Crippen molar-refractivity contribution in [2.24, 2.45) is 5.92 Å². The average molecular weight is 364 g/mol. The standard InChI is InChI=1S/C18H24N2O4S/c1-3-19(16-8-9-25(23,24)12-16)18(22)14-10-17(21)20(11-14)15-6-4-13(2)5-7-15/h4-7,14,16H,3,8-12H2,1-2H3. The van der Waals surface area contributed by atoms with Crippen molar-refractivity contribution >= 4 is 27.3 Å². The molecular formula is C18H24N2O4S. The van der Waals surface area contributed by atoms with Gasteiger partial charge in [0, 0.05) is 31.2 Å². The highest BCUT2D eigenvalue weighted by Gasteiger charge is 2.41. The Morgan fingerprint density at radius 2 is 1.96 bits per heavy atom. The van der Waals surface area contributed by atoms with Gasteiger partial charge in [0.05, 0.1) is 17.4 Å². The fourth-order valence-corrected chi connectivity index (χ4v) is 5.43. The fraction of sp³-hybridized carbons (Fsp3) is 0.556.